The van der Waals surface area contributed by atoms with Crippen LogP contribution in [0.4, 0.5) is 0 Å². The van der Waals surface area contributed by atoms with Crippen LogP contribution in [0.5, 0.6) is 0 Å². The van der Waals surface area contributed by atoms with Gasteiger partial charge in [0.15, 0.2) is 0 Å². The second-order valence-electron chi connectivity index (χ2n) is 7.75. The Bertz CT molecular complexity index is 1180. The smallest absolute Gasteiger partial charge is 0.134 e. The second-order valence-corrected chi connectivity index (χ2v) is 9.50. The average molecular weight is 522 g/mol. The molecular weight excluding hydrogens is 506 g/mol. The molecule has 0 saturated heterocycles. The molecule has 0 heterocycles. The van der Waals surface area contributed by atoms with E-state index in [4.69, 9.17) is 46.4 Å². The first-order valence-electron chi connectivity index (χ1n) is 10.2. The highest BCUT2D eigenvalue weighted by Gasteiger charge is 2.57. The topological polar surface area (TPSA) is 47.6 Å². The molecule has 0 spiro atoms. The van der Waals surface area contributed by atoms with Crippen molar-refractivity contribution < 1.29 is 0 Å². The lowest BCUT2D eigenvalue weighted by molar-refractivity contribution is 0.470. The zero-order valence-corrected chi connectivity index (χ0v) is 20.7. The summed E-state index contributed by atoms with van der Waals surface area (Å²) in [5.74, 6) is 0. The Kier molecular flexibility index (Phi) is 6.90. The van der Waals surface area contributed by atoms with Gasteiger partial charge in [0.05, 0.1) is 12.1 Å². The number of nitriles is 2. The molecule has 0 fully saturated rings. The highest BCUT2D eigenvalue weighted by atomic mass is 35.5. The maximum absolute atomic E-state index is 11.0. The maximum Gasteiger partial charge on any atom is 0.134 e. The van der Waals surface area contributed by atoms with Crippen LogP contribution in [0, 0.1) is 22.7 Å². The van der Waals surface area contributed by atoms with Crippen LogP contribution in [0.2, 0.25) is 20.1 Å². The zero-order valence-electron chi connectivity index (χ0n) is 17.6. The Morgan fingerprint density at radius 3 is 0.706 bits per heavy atom. The van der Waals surface area contributed by atoms with Crippen molar-refractivity contribution in [2.45, 2.75) is 10.8 Å². The lowest BCUT2D eigenvalue weighted by atomic mass is 9.53. The average Bonchev–Trinajstić information content (AvgIpc) is 2.85. The highest BCUT2D eigenvalue weighted by Crippen LogP contribution is 2.53. The minimum absolute atomic E-state index is 0.521. The monoisotopic (exact) mass is 520 g/mol. The van der Waals surface area contributed by atoms with Crippen LogP contribution < -0.4 is 0 Å². The third-order valence-electron chi connectivity index (χ3n) is 6.01. The van der Waals surface area contributed by atoms with Crippen LogP contribution in [0.25, 0.3) is 0 Å². The minimum atomic E-state index is -1.49. The van der Waals surface area contributed by atoms with E-state index in [9.17, 15) is 10.5 Å². The number of benzene rings is 4. The van der Waals surface area contributed by atoms with Crippen molar-refractivity contribution in [2.24, 2.45) is 0 Å². The van der Waals surface area contributed by atoms with Crippen molar-refractivity contribution in [3.8, 4) is 12.1 Å². The molecule has 4 rings (SSSR count). The fourth-order valence-corrected chi connectivity index (χ4v) is 4.93. The van der Waals surface area contributed by atoms with Crippen molar-refractivity contribution in [3.05, 3.63) is 139 Å². The predicted octanol–water partition coefficient (Wildman–Crippen LogP) is 8.62. The van der Waals surface area contributed by atoms with Crippen LogP contribution in [0.1, 0.15) is 22.3 Å². The summed E-state index contributed by atoms with van der Waals surface area (Å²) in [6.07, 6.45) is 0. The van der Waals surface area contributed by atoms with E-state index in [0.29, 0.717) is 42.3 Å². The molecule has 166 valence electrons. The van der Waals surface area contributed by atoms with Gasteiger partial charge in [0.25, 0.3) is 0 Å². The van der Waals surface area contributed by atoms with Crippen molar-refractivity contribution >= 4 is 46.4 Å². The van der Waals surface area contributed by atoms with Crippen molar-refractivity contribution in [3.63, 3.8) is 0 Å². The molecule has 0 radical (unpaired) electrons. The second kappa shape index (κ2) is 9.71. The van der Waals surface area contributed by atoms with Crippen molar-refractivity contribution in [1.29, 1.82) is 10.5 Å². The summed E-state index contributed by atoms with van der Waals surface area (Å²) in [5, 5.41) is 24.1. The summed E-state index contributed by atoms with van der Waals surface area (Å²) in [6.45, 7) is 0. The Balaban J connectivity index is 2.21. The van der Waals surface area contributed by atoms with Gasteiger partial charge in [0.2, 0.25) is 0 Å². The van der Waals surface area contributed by atoms with E-state index in [2.05, 4.69) is 12.1 Å². The standard InChI is InChI=1S/C28H16Cl4N2/c29-23-9-1-19(2-10-23)27(17-33,20-3-11-24(30)12-4-20)28(18-34,21-5-13-25(31)14-6-21)22-7-15-26(32)16-8-22/h1-16H. The third kappa shape index (κ3) is 3.94. The van der Waals surface area contributed by atoms with Crippen LogP contribution in [0.15, 0.2) is 97.1 Å². The Labute approximate surface area is 218 Å². The lowest BCUT2D eigenvalue weighted by Crippen LogP contribution is -2.49. The Hall–Kier alpha value is -2.98. The molecule has 0 bridgehead atoms. The summed E-state index contributed by atoms with van der Waals surface area (Å²) in [4.78, 5) is 0. The summed E-state index contributed by atoms with van der Waals surface area (Å²) in [5.41, 5.74) is -0.556. The molecule has 0 amide bonds. The van der Waals surface area contributed by atoms with Crippen LogP contribution in [-0.2, 0) is 10.8 Å². The molecule has 2 nitrogen and oxygen atoms in total. The normalized spacial score (nSPS) is 11.5. The largest absolute Gasteiger partial charge is 0.197 e. The molecule has 0 aromatic heterocycles. The number of halogens is 4. The molecule has 0 unspecified atom stereocenters. The highest BCUT2D eigenvalue weighted by molar-refractivity contribution is 6.31. The van der Waals surface area contributed by atoms with Gasteiger partial charge in [-0.05, 0) is 70.8 Å². The lowest BCUT2D eigenvalue weighted by Gasteiger charge is -2.43. The number of hydrogen-bond donors (Lipinski definition) is 0. The first-order valence-corrected chi connectivity index (χ1v) is 11.8. The van der Waals surface area contributed by atoms with Gasteiger partial charge >= 0.3 is 0 Å². The van der Waals surface area contributed by atoms with Crippen molar-refractivity contribution in [1.82, 2.24) is 0 Å². The first kappa shape index (κ1) is 24.2. The number of rotatable bonds is 5. The van der Waals surface area contributed by atoms with E-state index in [1.165, 1.54) is 0 Å². The summed E-state index contributed by atoms with van der Waals surface area (Å²) >= 11 is 24.8. The fraction of sp³-hybridized carbons (Fsp3) is 0.0714. The van der Waals surface area contributed by atoms with Gasteiger partial charge in [-0.1, -0.05) is 94.9 Å². The molecule has 0 atom stereocenters. The number of hydrogen-bond acceptors (Lipinski definition) is 2. The molecule has 34 heavy (non-hydrogen) atoms. The van der Waals surface area contributed by atoms with E-state index < -0.39 is 10.8 Å². The summed E-state index contributed by atoms with van der Waals surface area (Å²) in [6, 6.07) is 33.0. The quantitative estimate of drug-likeness (QED) is 0.264. The molecule has 6 heteroatoms. The third-order valence-corrected chi connectivity index (χ3v) is 7.01. The van der Waals surface area contributed by atoms with E-state index in [0.717, 1.165) is 0 Å². The molecule has 4 aromatic carbocycles. The van der Waals surface area contributed by atoms with Crippen LogP contribution in [-0.4, -0.2) is 0 Å². The van der Waals surface area contributed by atoms with Gasteiger partial charge in [-0.15, -0.1) is 0 Å². The van der Waals surface area contributed by atoms with Gasteiger partial charge in [-0.25, -0.2) is 0 Å². The minimum Gasteiger partial charge on any atom is -0.197 e. The molecule has 0 aliphatic heterocycles. The first-order chi connectivity index (χ1) is 16.4. The number of nitrogens with zero attached hydrogens (tertiary/aromatic N) is 2. The van der Waals surface area contributed by atoms with Crippen molar-refractivity contribution in [2.75, 3.05) is 0 Å². The van der Waals surface area contributed by atoms with E-state index in [1.54, 1.807) is 97.1 Å². The van der Waals surface area contributed by atoms with Gasteiger partial charge in [0.1, 0.15) is 10.8 Å². The van der Waals surface area contributed by atoms with Gasteiger partial charge in [-0.3, -0.25) is 0 Å². The molecule has 4 aromatic rings. The van der Waals surface area contributed by atoms with Crippen LogP contribution >= 0.6 is 46.4 Å². The van der Waals surface area contributed by atoms with E-state index >= 15 is 0 Å². The Morgan fingerprint density at radius 2 is 0.559 bits per heavy atom. The van der Waals surface area contributed by atoms with Gasteiger partial charge in [-0.2, -0.15) is 10.5 Å². The van der Waals surface area contributed by atoms with Gasteiger partial charge in [0, 0.05) is 20.1 Å². The van der Waals surface area contributed by atoms with Crippen LogP contribution in [0.3, 0.4) is 0 Å². The Morgan fingerprint density at radius 1 is 0.382 bits per heavy atom. The van der Waals surface area contributed by atoms with E-state index in [1.807, 2.05) is 0 Å². The molecule has 0 aliphatic carbocycles. The molecule has 0 N–H and O–H groups in total. The molecule has 0 saturated carbocycles. The zero-order chi connectivity index (χ0) is 24.3. The molecule has 0 aliphatic rings. The summed E-state index contributed by atoms with van der Waals surface area (Å²) in [7, 11) is 0. The molecular formula is C28H16Cl4N2. The maximum atomic E-state index is 11.0. The van der Waals surface area contributed by atoms with E-state index in [-0.39, 0.29) is 0 Å². The fourth-order valence-electron chi connectivity index (χ4n) is 4.42. The SMILES string of the molecule is N#CC(c1ccc(Cl)cc1)(c1ccc(Cl)cc1)C(C#N)(c1ccc(Cl)cc1)c1ccc(Cl)cc1. The summed E-state index contributed by atoms with van der Waals surface area (Å²) < 4.78 is 0. The van der Waals surface area contributed by atoms with Gasteiger partial charge < -0.3 is 0 Å². The predicted molar refractivity (Wildman–Crippen MR) is 139 cm³/mol.